The maximum atomic E-state index is 12.3. The van der Waals surface area contributed by atoms with E-state index in [-0.39, 0.29) is 0 Å². The fourth-order valence-electron chi connectivity index (χ4n) is 1.84. The lowest BCUT2D eigenvalue weighted by molar-refractivity contribution is 0.415. The summed E-state index contributed by atoms with van der Waals surface area (Å²) in [5.41, 5.74) is 3.03. The van der Waals surface area contributed by atoms with Crippen LogP contribution in [0.4, 0.5) is 0 Å². The Morgan fingerprint density at radius 3 is 2.25 bits per heavy atom. The van der Waals surface area contributed by atoms with Gasteiger partial charge in [0.05, 0.1) is 23.7 Å². The van der Waals surface area contributed by atoms with E-state index in [1.54, 1.807) is 7.11 Å². The van der Waals surface area contributed by atoms with Gasteiger partial charge in [-0.25, -0.2) is 0 Å². The molecule has 0 amide bonds. The Morgan fingerprint density at radius 1 is 1.10 bits per heavy atom. The minimum Gasteiger partial charge on any atom is -0.497 e. The molecule has 2 rings (SSSR count). The molecule has 0 saturated heterocycles. The molecule has 0 aliphatic heterocycles. The summed E-state index contributed by atoms with van der Waals surface area (Å²) in [6.45, 7) is 6.05. The van der Waals surface area contributed by atoms with Crippen molar-refractivity contribution in [3.05, 3.63) is 66.2 Å². The Hall–Kier alpha value is -1.87. The first-order valence-electron chi connectivity index (χ1n) is 6.37. The third kappa shape index (κ3) is 3.58. The molecule has 0 aliphatic rings. The van der Waals surface area contributed by atoms with Gasteiger partial charge in [-0.3, -0.25) is 4.21 Å². The molecule has 2 aromatic carbocycles. The van der Waals surface area contributed by atoms with Gasteiger partial charge >= 0.3 is 0 Å². The van der Waals surface area contributed by atoms with Crippen LogP contribution >= 0.6 is 0 Å². The van der Waals surface area contributed by atoms with Crippen molar-refractivity contribution in [1.82, 2.24) is 0 Å². The minimum atomic E-state index is -1.06. The molecule has 0 radical (unpaired) electrons. The molecular weight excluding hydrogens is 268 g/mol. The van der Waals surface area contributed by atoms with Crippen LogP contribution in [0.3, 0.4) is 0 Å². The molecule has 3 heteroatoms. The second-order valence-electron chi connectivity index (χ2n) is 4.63. The lowest BCUT2D eigenvalue weighted by Crippen LogP contribution is -2.00. The van der Waals surface area contributed by atoms with Gasteiger partial charge in [-0.2, -0.15) is 0 Å². The zero-order valence-electron chi connectivity index (χ0n) is 11.8. The van der Waals surface area contributed by atoms with E-state index < -0.39 is 10.8 Å². The van der Waals surface area contributed by atoms with Crippen LogP contribution in [0, 0.1) is 6.92 Å². The zero-order chi connectivity index (χ0) is 14.5. The number of hydrogen-bond acceptors (Lipinski definition) is 2. The molecule has 0 spiro atoms. The first kappa shape index (κ1) is 14.5. The van der Waals surface area contributed by atoms with Gasteiger partial charge in [-0.1, -0.05) is 36.4 Å². The Kier molecular flexibility index (Phi) is 4.74. The molecule has 0 N–H and O–H groups in total. The largest absolute Gasteiger partial charge is 0.497 e. The van der Waals surface area contributed by atoms with Crippen LogP contribution in [0.15, 0.2) is 60.0 Å². The molecule has 104 valence electrons. The van der Waals surface area contributed by atoms with Gasteiger partial charge in [0.15, 0.2) is 0 Å². The van der Waals surface area contributed by atoms with E-state index in [1.807, 2.05) is 55.5 Å². The lowest BCUT2D eigenvalue weighted by atomic mass is 10.1. The molecular formula is C17H18O2S. The maximum absolute atomic E-state index is 12.3. The smallest absolute Gasteiger partial charge is 0.118 e. The first-order chi connectivity index (χ1) is 9.60. The van der Waals surface area contributed by atoms with Crippen molar-refractivity contribution in [2.24, 2.45) is 0 Å². The van der Waals surface area contributed by atoms with E-state index in [0.717, 1.165) is 21.8 Å². The van der Waals surface area contributed by atoms with Crippen LogP contribution in [0.2, 0.25) is 0 Å². The van der Waals surface area contributed by atoms with E-state index in [0.29, 0.717) is 5.75 Å². The summed E-state index contributed by atoms with van der Waals surface area (Å²) in [7, 11) is 0.575. The Labute approximate surface area is 122 Å². The van der Waals surface area contributed by atoms with Crippen molar-refractivity contribution < 1.29 is 8.95 Å². The van der Waals surface area contributed by atoms with Gasteiger partial charge in [0.1, 0.15) is 5.75 Å². The van der Waals surface area contributed by atoms with Gasteiger partial charge in [0.25, 0.3) is 0 Å². The summed E-state index contributed by atoms with van der Waals surface area (Å²) in [4.78, 5) is 0.838. The highest BCUT2D eigenvalue weighted by molar-refractivity contribution is 7.85. The number of ether oxygens (including phenoxy) is 1. The Balaban J connectivity index is 2.06. The average molecular weight is 286 g/mol. The normalized spacial score (nSPS) is 11.9. The topological polar surface area (TPSA) is 26.3 Å². The lowest BCUT2D eigenvalue weighted by Gasteiger charge is -2.07. The fraction of sp³-hybridized carbons (Fsp3) is 0.176. The molecule has 0 bridgehead atoms. The third-order valence-electron chi connectivity index (χ3n) is 3.09. The van der Waals surface area contributed by atoms with Crippen LogP contribution in [-0.2, 0) is 10.8 Å². The van der Waals surface area contributed by atoms with Gasteiger partial charge in [-0.15, -0.1) is 0 Å². The maximum Gasteiger partial charge on any atom is 0.118 e. The monoisotopic (exact) mass is 286 g/mol. The second kappa shape index (κ2) is 6.53. The standard InChI is InChI=1S/C17H18O2S/c1-13-4-10-17(11-5-13)20(18)12-14(2)15-6-8-16(19-3)9-7-15/h4-11H,2,12H2,1,3H3. The molecule has 20 heavy (non-hydrogen) atoms. The van der Waals surface area contributed by atoms with Gasteiger partial charge < -0.3 is 4.74 Å². The quantitative estimate of drug-likeness (QED) is 0.835. The van der Waals surface area contributed by atoms with Crippen molar-refractivity contribution in [2.45, 2.75) is 11.8 Å². The summed E-state index contributed by atoms with van der Waals surface area (Å²) in [5.74, 6) is 1.25. The molecule has 0 heterocycles. The fourth-order valence-corrected chi connectivity index (χ4v) is 2.93. The molecule has 0 aliphatic carbocycles. The van der Waals surface area contributed by atoms with Crippen molar-refractivity contribution in [3.8, 4) is 5.75 Å². The molecule has 0 fully saturated rings. The van der Waals surface area contributed by atoms with Crippen LogP contribution < -0.4 is 4.74 Å². The van der Waals surface area contributed by atoms with E-state index in [9.17, 15) is 4.21 Å². The van der Waals surface area contributed by atoms with Crippen LogP contribution in [0.25, 0.3) is 5.57 Å². The molecule has 1 unspecified atom stereocenters. The van der Waals surface area contributed by atoms with Crippen LogP contribution in [0.5, 0.6) is 5.75 Å². The highest BCUT2D eigenvalue weighted by Crippen LogP contribution is 2.20. The first-order valence-corrected chi connectivity index (χ1v) is 7.69. The van der Waals surface area contributed by atoms with Gasteiger partial charge in [-0.05, 0) is 42.3 Å². The van der Waals surface area contributed by atoms with Gasteiger partial charge in [0, 0.05) is 4.90 Å². The Bertz CT molecular complexity index is 612. The summed E-state index contributed by atoms with van der Waals surface area (Å²) < 4.78 is 17.4. The van der Waals surface area contributed by atoms with E-state index in [1.165, 1.54) is 5.56 Å². The van der Waals surface area contributed by atoms with Crippen molar-refractivity contribution in [3.63, 3.8) is 0 Å². The number of aryl methyl sites for hydroxylation is 1. The molecule has 2 aromatic rings. The summed E-state index contributed by atoms with van der Waals surface area (Å²) in [5, 5.41) is 0. The zero-order valence-corrected chi connectivity index (χ0v) is 12.6. The third-order valence-corrected chi connectivity index (χ3v) is 4.50. The van der Waals surface area contributed by atoms with Crippen LogP contribution in [0.1, 0.15) is 11.1 Å². The van der Waals surface area contributed by atoms with E-state index >= 15 is 0 Å². The predicted molar refractivity (Wildman–Crippen MR) is 84.5 cm³/mol. The molecule has 1 atom stereocenters. The van der Waals surface area contributed by atoms with E-state index in [4.69, 9.17) is 4.74 Å². The highest BCUT2D eigenvalue weighted by Gasteiger charge is 2.07. The molecule has 2 nitrogen and oxygen atoms in total. The van der Waals surface area contributed by atoms with Crippen molar-refractivity contribution >= 4 is 16.4 Å². The van der Waals surface area contributed by atoms with Gasteiger partial charge in [0.2, 0.25) is 0 Å². The predicted octanol–water partition coefficient (Wildman–Crippen LogP) is 3.82. The molecule has 0 aromatic heterocycles. The SMILES string of the molecule is C=C(CS(=O)c1ccc(C)cc1)c1ccc(OC)cc1. The number of hydrogen-bond donors (Lipinski definition) is 0. The number of benzene rings is 2. The summed E-state index contributed by atoms with van der Waals surface area (Å²) in [6.07, 6.45) is 0. The number of rotatable bonds is 5. The Morgan fingerprint density at radius 2 is 1.70 bits per heavy atom. The summed E-state index contributed by atoms with van der Waals surface area (Å²) >= 11 is 0. The highest BCUT2D eigenvalue weighted by atomic mass is 32.2. The number of methoxy groups -OCH3 is 1. The van der Waals surface area contributed by atoms with Crippen LogP contribution in [-0.4, -0.2) is 17.1 Å². The van der Waals surface area contributed by atoms with Crippen molar-refractivity contribution in [1.29, 1.82) is 0 Å². The van der Waals surface area contributed by atoms with Crippen molar-refractivity contribution in [2.75, 3.05) is 12.9 Å². The summed E-state index contributed by atoms with van der Waals surface area (Å²) in [6, 6.07) is 15.4. The average Bonchev–Trinajstić information content (AvgIpc) is 2.48. The molecule has 0 saturated carbocycles. The van der Waals surface area contributed by atoms with E-state index in [2.05, 4.69) is 6.58 Å². The minimum absolute atomic E-state index is 0.440. The second-order valence-corrected chi connectivity index (χ2v) is 6.09.